The highest BCUT2D eigenvalue weighted by atomic mass is 16.5. The molecule has 2 saturated heterocycles. The number of carboxylic acids is 1. The van der Waals surface area contributed by atoms with Crippen molar-refractivity contribution >= 4 is 5.97 Å². The summed E-state index contributed by atoms with van der Waals surface area (Å²) >= 11 is 0. The van der Waals surface area contributed by atoms with Crippen molar-refractivity contribution in [2.24, 2.45) is 5.41 Å². The number of hydrogen-bond acceptors (Lipinski definition) is 5. The molecular formula is C23H29N3O3. The van der Waals surface area contributed by atoms with Crippen LogP contribution in [0.5, 0.6) is 5.75 Å². The summed E-state index contributed by atoms with van der Waals surface area (Å²) in [5.41, 5.74) is 1.55. The van der Waals surface area contributed by atoms with Crippen molar-refractivity contribution in [3.05, 3.63) is 59.9 Å². The van der Waals surface area contributed by atoms with Crippen LogP contribution in [-0.2, 0) is 17.9 Å². The fourth-order valence-corrected chi connectivity index (χ4v) is 4.78. The standard InChI is InChI=1S/C23H29N3O3/c1-25-13-4-10-23(22(27)28)11-14-26(16-21(23)25)15-18-6-8-20(9-7-18)29-17-19-5-2-3-12-24-19/h2-3,5-9,12,21H,4,10-11,13-17H2,1H3,(H,27,28)/t21-,23+/m1/s1. The number of piperidine rings is 2. The van der Waals surface area contributed by atoms with Crippen molar-refractivity contribution in [3.8, 4) is 5.75 Å². The minimum Gasteiger partial charge on any atom is -0.487 e. The van der Waals surface area contributed by atoms with E-state index in [-0.39, 0.29) is 6.04 Å². The Hall–Kier alpha value is -2.44. The van der Waals surface area contributed by atoms with Gasteiger partial charge in [-0.1, -0.05) is 18.2 Å². The molecule has 2 aliphatic heterocycles. The molecule has 6 nitrogen and oxygen atoms in total. The van der Waals surface area contributed by atoms with Crippen molar-refractivity contribution < 1.29 is 14.6 Å². The Morgan fingerprint density at radius 1 is 1.21 bits per heavy atom. The second kappa shape index (κ2) is 8.51. The summed E-state index contributed by atoms with van der Waals surface area (Å²) in [5, 5.41) is 9.92. The van der Waals surface area contributed by atoms with Gasteiger partial charge < -0.3 is 14.7 Å². The Bertz CT molecular complexity index is 827. The predicted molar refractivity (Wildman–Crippen MR) is 111 cm³/mol. The number of aromatic nitrogens is 1. The first-order valence-electron chi connectivity index (χ1n) is 10.3. The maximum atomic E-state index is 12.1. The summed E-state index contributed by atoms with van der Waals surface area (Å²) in [5.74, 6) is 0.207. The minimum atomic E-state index is -0.622. The third kappa shape index (κ3) is 4.28. The van der Waals surface area contributed by atoms with Crippen LogP contribution in [0.25, 0.3) is 0 Å². The molecule has 1 N–H and O–H groups in total. The monoisotopic (exact) mass is 395 g/mol. The third-order valence-corrected chi connectivity index (χ3v) is 6.48. The first-order valence-corrected chi connectivity index (χ1v) is 10.3. The van der Waals surface area contributed by atoms with Crippen LogP contribution in [0, 0.1) is 5.41 Å². The number of benzene rings is 1. The molecule has 0 amide bonds. The van der Waals surface area contributed by atoms with Gasteiger partial charge in [0, 0.05) is 25.3 Å². The molecule has 2 aromatic rings. The first-order chi connectivity index (χ1) is 14.1. The number of carbonyl (C=O) groups is 1. The van der Waals surface area contributed by atoms with E-state index in [9.17, 15) is 9.90 Å². The number of likely N-dealkylation sites (tertiary alicyclic amines) is 2. The number of rotatable bonds is 6. The lowest BCUT2D eigenvalue weighted by molar-refractivity contribution is -0.162. The fourth-order valence-electron chi connectivity index (χ4n) is 4.78. The molecule has 1 aromatic heterocycles. The second-order valence-electron chi connectivity index (χ2n) is 8.30. The van der Waals surface area contributed by atoms with E-state index >= 15 is 0 Å². The molecule has 2 atom stereocenters. The lowest BCUT2D eigenvalue weighted by atomic mass is 9.68. The van der Waals surface area contributed by atoms with Crippen LogP contribution in [0.4, 0.5) is 0 Å². The topological polar surface area (TPSA) is 65.9 Å². The van der Waals surface area contributed by atoms with Crippen LogP contribution in [0.1, 0.15) is 30.5 Å². The van der Waals surface area contributed by atoms with E-state index in [1.165, 1.54) is 5.56 Å². The summed E-state index contributed by atoms with van der Waals surface area (Å²) in [6.45, 7) is 3.91. The lowest BCUT2D eigenvalue weighted by Crippen LogP contribution is -2.62. The van der Waals surface area contributed by atoms with Crippen LogP contribution in [0.15, 0.2) is 48.7 Å². The van der Waals surface area contributed by atoms with Crippen molar-refractivity contribution in [1.82, 2.24) is 14.8 Å². The third-order valence-electron chi connectivity index (χ3n) is 6.48. The van der Waals surface area contributed by atoms with Crippen LogP contribution >= 0.6 is 0 Å². The zero-order valence-electron chi connectivity index (χ0n) is 17.0. The van der Waals surface area contributed by atoms with E-state index in [1.54, 1.807) is 6.20 Å². The zero-order valence-corrected chi connectivity index (χ0v) is 17.0. The maximum absolute atomic E-state index is 12.1. The number of fused-ring (bicyclic) bond motifs is 1. The molecule has 0 radical (unpaired) electrons. The SMILES string of the molecule is CN1CCC[C@]2(C(=O)O)CCN(Cc3ccc(OCc4ccccn4)cc3)C[C@@H]12. The van der Waals surface area contributed by atoms with Gasteiger partial charge in [0.15, 0.2) is 0 Å². The van der Waals surface area contributed by atoms with Gasteiger partial charge in [-0.3, -0.25) is 14.7 Å². The molecule has 1 aromatic carbocycles. The minimum absolute atomic E-state index is 0.0866. The molecule has 2 fully saturated rings. The fraction of sp³-hybridized carbons (Fsp3) is 0.478. The van der Waals surface area contributed by atoms with Gasteiger partial charge in [-0.05, 0) is 69.2 Å². The molecule has 0 bridgehead atoms. The Balaban J connectivity index is 1.35. The number of pyridine rings is 1. The number of ether oxygens (including phenoxy) is 1. The van der Waals surface area contributed by atoms with Gasteiger partial charge in [-0.2, -0.15) is 0 Å². The van der Waals surface area contributed by atoms with Crippen LogP contribution in [0.2, 0.25) is 0 Å². The molecule has 0 aliphatic carbocycles. The van der Waals surface area contributed by atoms with Crippen molar-refractivity contribution in [1.29, 1.82) is 0 Å². The van der Waals surface area contributed by atoms with Gasteiger partial charge in [-0.25, -0.2) is 0 Å². The predicted octanol–water partition coefficient (Wildman–Crippen LogP) is 3.03. The van der Waals surface area contributed by atoms with Gasteiger partial charge in [0.2, 0.25) is 0 Å². The summed E-state index contributed by atoms with van der Waals surface area (Å²) in [7, 11) is 2.07. The van der Waals surface area contributed by atoms with Crippen molar-refractivity contribution in [3.63, 3.8) is 0 Å². The van der Waals surface area contributed by atoms with E-state index in [4.69, 9.17) is 4.74 Å². The summed E-state index contributed by atoms with van der Waals surface area (Å²) in [6, 6.07) is 14.1. The smallest absolute Gasteiger partial charge is 0.311 e. The van der Waals surface area contributed by atoms with Crippen LogP contribution < -0.4 is 4.74 Å². The Morgan fingerprint density at radius 2 is 2.03 bits per heavy atom. The number of nitrogens with zero attached hydrogens (tertiary/aromatic N) is 3. The number of hydrogen-bond donors (Lipinski definition) is 1. The van der Waals surface area contributed by atoms with Crippen molar-refractivity contribution in [2.75, 3.05) is 26.7 Å². The Morgan fingerprint density at radius 3 is 2.76 bits per heavy atom. The van der Waals surface area contributed by atoms with Crippen LogP contribution in [-0.4, -0.2) is 58.6 Å². The molecule has 0 spiro atoms. The number of carboxylic acid groups (broad SMARTS) is 1. The van der Waals surface area contributed by atoms with E-state index in [1.807, 2.05) is 30.3 Å². The largest absolute Gasteiger partial charge is 0.487 e. The molecule has 4 rings (SSSR count). The zero-order chi connectivity index (χ0) is 20.3. The van der Waals surface area contributed by atoms with E-state index in [0.717, 1.165) is 56.9 Å². The quantitative estimate of drug-likeness (QED) is 0.811. The Kier molecular flexibility index (Phi) is 5.83. The average Bonchev–Trinajstić information content (AvgIpc) is 2.74. The lowest BCUT2D eigenvalue weighted by Gasteiger charge is -2.51. The van der Waals surface area contributed by atoms with Gasteiger partial charge in [0.05, 0.1) is 11.1 Å². The molecule has 0 saturated carbocycles. The summed E-state index contributed by atoms with van der Waals surface area (Å²) in [6.07, 6.45) is 4.26. The molecular weight excluding hydrogens is 366 g/mol. The highest BCUT2D eigenvalue weighted by molar-refractivity contribution is 5.76. The van der Waals surface area contributed by atoms with E-state index < -0.39 is 11.4 Å². The van der Waals surface area contributed by atoms with E-state index in [0.29, 0.717) is 6.61 Å². The van der Waals surface area contributed by atoms with Gasteiger partial charge in [-0.15, -0.1) is 0 Å². The highest BCUT2D eigenvalue weighted by Crippen LogP contribution is 2.42. The second-order valence-corrected chi connectivity index (χ2v) is 8.30. The molecule has 2 aliphatic rings. The average molecular weight is 396 g/mol. The van der Waals surface area contributed by atoms with Crippen molar-refractivity contribution in [2.45, 2.75) is 38.5 Å². The van der Waals surface area contributed by atoms with Gasteiger partial charge >= 0.3 is 5.97 Å². The molecule has 154 valence electrons. The van der Waals surface area contributed by atoms with Gasteiger partial charge in [0.1, 0.15) is 12.4 Å². The summed E-state index contributed by atoms with van der Waals surface area (Å²) in [4.78, 5) is 21.0. The highest BCUT2D eigenvalue weighted by Gasteiger charge is 2.52. The number of likely N-dealkylation sites (N-methyl/N-ethyl adjacent to an activating group) is 1. The maximum Gasteiger partial charge on any atom is 0.311 e. The normalized spacial score (nSPS) is 25.3. The van der Waals surface area contributed by atoms with E-state index in [2.05, 4.69) is 34.0 Å². The number of aliphatic carboxylic acids is 1. The van der Waals surface area contributed by atoms with Gasteiger partial charge in [0.25, 0.3) is 0 Å². The Labute approximate surface area is 172 Å². The molecule has 0 unspecified atom stereocenters. The molecule has 3 heterocycles. The molecule has 6 heteroatoms. The van der Waals surface area contributed by atoms with Crippen LogP contribution in [0.3, 0.4) is 0 Å². The molecule has 29 heavy (non-hydrogen) atoms. The first kappa shape index (κ1) is 19.9. The summed E-state index contributed by atoms with van der Waals surface area (Å²) < 4.78 is 5.81.